The lowest BCUT2D eigenvalue weighted by Gasteiger charge is -2.21. The lowest BCUT2D eigenvalue weighted by atomic mass is 10.1. The van der Waals surface area contributed by atoms with Gasteiger partial charge in [0.1, 0.15) is 5.82 Å². The normalized spacial score (nSPS) is 10.7. The van der Waals surface area contributed by atoms with Crippen molar-refractivity contribution in [2.45, 2.75) is 31.3 Å². The zero-order valence-electron chi connectivity index (χ0n) is 16.2. The first-order chi connectivity index (χ1) is 13.4. The number of nitrogens with zero attached hydrogens (tertiary/aromatic N) is 3. The topological polar surface area (TPSA) is 69.1 Å². The smallest absolute Gasteiger partial charge is 0.190 e. The van der Waals surface area contributed by atoms with E-state index in [1.807, 2.05) is 45.2 Å². The molecule has 0 saturated heterocycles. The Balaban J connectivity index is 1.77. The minimum Gasteiger partial charge on any atom is -0.545 e. The molecule has 0 aliphatic carbocycles. The number of anilines is 1. The van der Waals surface area contributed by atoms with E-state index >= 15 is 0 Å². The maximum Gasteiger partial charge on any atom is 0.190 e. The molecule has 0 fully saturated rings. The Bertz CT molecular complexity index is 977. The van der Waals surface area contributed by atoms with Crippen molar-refractivity contribution in [2.24, 2.45) is 0 Å². The van der Waals surface area contributed by atoms with Gasteiger partial charge in [0.2, 0.25) is 0 Å². The highest BCUT2D eigenvalue weighted by Gasteiger charge is 2.13. The van der Waals surface area contributed by atoms with Gasteiger partial charge in [-0.05, 0) is 36.6 Å². The first-order valence-electron chi connectivity index (χ1n) is 8.97. The van der Waals surface area contributed by atoms with Crippen LogP contribution in [0.5, 0.6) is 0 Å². The van der Waals surface area contributed by atoms with Gasteiger partial charge in [0.25, 0.3) is 0 Å². The minimum atomic E-state index is -1.17. The van der Waals surface area contributed by atoms with Crippen LogP contribution in [0.4, 0.5) is 5.82 Å². The molecule has 0 saturated carbocycles. The van der Waals surface area contributed by atoms with Gasteiger partial charge in [-0.1, -0.05) is 60.3 Å². The maximum absolute atomic E-state index is 11.0. The number of hydrogen-bond donors (Lipinski definition) is 0. The van der Waals surface area contributed by atoms with Gasteiger partial charge in [-0.25, -0.2) is 9.97 Å². The lowest BCUT2D eigenvalue weighted by Crippen LogP contribution is -2.22. The summed E-state index contributed by atoms with van der Waals surface area (Å²) in [6.45, 7) is 4.78. The summed E-state index contributed by atoms with van der Waals surface area (Å²) < 4.78 is 0. The number of carbonyl (C=O) groups is 1. The molecular formula is C22H22N3O2S-. The van der Waals surface area contributed by atoms with Crippen LogP contribution in [0.25, 0.3) is 0 Å². The molecule has 6 heteroatoms. The fourth-order valence-electron chi connectivity index (χ4n) is 2.89. The molecule has 0 aliphatic heterocycles. The van der Waals surface area contributed by atoms with E-state index in [0.29, 0.717) is 10.9 Å². The van der Waals surface area contributed by atoms with E-state index < -0.39 is 5.97 Å². The molecule has 28 heavy (non-hydrogen) atoms. The van der Waals surface area contributed by atoms with Gasteiger partial charge in [-0.3, -0.25) is 0 Å². The molecule has 0 amide bonds. The Morgan fingerprint density at radius 3 is 2.46 bits per heavy atom. The molecular weight excluding hydrogens is 370 g/mol. The summed E-state index contributed by atoms with van der Waals surface area (Å²) in [7, 11) is 2.03. The van der Waals surface area contributed by atoms with Gasteiger partial charge in [-0.15, -0.1) is 0 Å². The third-order valence-corrected chi connectivity index (χ3v) is 5.42. The highest BCUT2D eigenvalue weighted by molar-refractivity contribution is 7.98. The van der Waals surface area contributed by atoms with Crippen LogP contribution in [0.15, 0.2) is 59.8 Å². The second-order valence-corrected chi connectivity index (χ2v) is 7.60. The van der Waals surface area contributed by atoms with Crippen molar-refractivity contribution in [3.05, 3.63) is 82.5 Å². The van der Waals surface area contributed by atoms with E-state index in [0.717, 1.165) is 29.2 Å². The van der Waals surface area contributed by atoms with Crippen LogP contribution < -0.4 is 10.0 Å². The van der Waals surface area contributed by atoms with E-state index in [-0.39, 0.29) is 5.56 Å². The fourth-order valence-corrected chi connectivity index (χ4v) is 3.72. The van der Waals surface area contributed by atoms with Crippen molar-refractivity contribution in [3.63, 3.8) is 0 Å². The first-order valence-corrected chi connectivity index (χ1v) is 9.96. The SMILES string of the molecule is Cc1nc(SCc2cccc(C(=O)[O-])c2)nc(N(C)Cc2ccccc2)c1C. The Morgan fingerprint density at radius 1 is 1.04 bits per heavy atom. The Labute approximate surface area is 169 Å². The maximum atomic E-state index is 11.0. The fraction of sp³-hybridized carbons (Fsp3) is 0.227. The number of aromatic nitrogens is 2. The number of hydrogen-bond acceptors (Lipinski definition) is 6. The highest BCUT2D eigenvalue weighted by atomic mass is 32.2. The van der Waals surface area contributed by atoms with Gasteiger partial charge < -0.3 is 14.8 Å². The van der Waals surface area contributed by atoms with E-state index in [1.165, 1.54) is 23.4 Å². The van der Waals surface area contributed by atoms with Gasteiger partial charge in [-0.2, -0.15) is 0 Å². The predicted octanol–water partition coefficient (Wildman–Crippen LogP) is 3.39. The van der Waals surface area contributed by atoms with E-state index in [9.17, 15) is 9.90 Å². The van der Waals surface area contributed by atoms with Crippen molar-refractivity contribution in [2.75, 3.05) is 11.9 Å². The van der Waals surface area contributed by atoms with Gasteiger partial charge in [0.15, 0.2) is 5.16 Å². The van der Waals surface area contributed by atoms with E-state index in [1.54, 1.807) is 12.1 Å². The number of aryl methyl sites for hydroxylation is 1. The lowest BCUT2D eigenvalue weighted by molar-refractivity contribution is -0.255. The zero-order valence-corrected chi connectivity index (χ0v) is 17.0. The summed E-state index contributed by atoms with van der Waals surface area (Å²) in [6.07, 6.45) is 0. The quantitative estimate of drug-likeness (QED) is 0.453. The van der Waals surface area contributed by atoms with Gasteiger partial charge >= 0.3 is 0 Å². The highest BCUT2D eigenvalue weighted by Crippen LogP contribution is 2.26. The van der Waals surface area contributed by atoms with Crippen LogP contribution in [0.3, 0.4) is 0 Å². The third kappa shape index (κ3) is 4.89. The standard InChI is InChI=1S/C22H23N3O2S/c1-15-16(2)23-22(28-14-18-10-7-11-19(12-18)21(26)27)24-20(15)25(3)13-17-8-5-4-6-9-17/h4-12H,13-14H2,1-3H3,(H,26,27)/p-1. The summed E-state index contributed by atoms with van der Waals surface area (Å²) in [5.74, 6) is 0.326. The second-order valence-electron chi connectivity index (χ2n) is 6.66. The van der Waals surface area contributed by atoms with E-state index in [4.69, 9.17) is 4.98 Å². The van der Waals surface area contributed by atoms with Crippen molar-refractivity contribution in [1.29, 1.82) is 0 Å². The molecule has 1 aromatic heterocycles. The Morgan fingerprint density at radius 2 is 1.75 bits per heavy atom. The molecule has 3 rings (SSSR count). The summed E-state index contributed by atoms with van der Waals surface area (Å²) in [5, 5.41) is 11.7. The molecule has 0 N–H and O–H groups in total. The molecule has 3 aromatic rings. The average molecular weight is 393 g/mol. The number of carboxylic acids is 1. The monoisotopic (exact) mass is 392 g/mol. The number of carboxylic acid groups (broad SMARTS) is 1. The van der Waals surface area contributed by atoms with Crippen LogP contribution in [0.2, 0.25) is 0 Å². The van der Waals surface area contributed by atoms with Crippen LogP contribution in [-0.2, 0) is 12.3 Å². The number of carbonyl (C=O) groups excluding carboxylic acids is 1. The van der Waals surface area contributed by atoms with Crippen molar-refractivity contribution in [1.82, 2.24) is 9.97 Å². The number of aromatic carboxylic acids is 1. The number of rotatable bonds is 7. The van der Waals surface area contributed by atoms with Crippen LogP contribution >= 0.6 is 11.8 Å². The summed E-state index contributed by atoms with van der Waals surface area (Å²) >= 11 is 1.49. The minimum absolute atomic E-state index is 0.183. The third-order valence-electron chi connectivity index (χ3n) is 4.50. The molecule has 0 unspecified atom stereocenters. The molecule has 5 nitrogen and oxygen atoms in total. The Kier molecular flexibility index (Phi) is 6.31. The summed E-state index contributed by atoms with van der Waals surface area (Å²) in [5.41, 5.74) is 4.29. The van der Waals surface area contributed by atoms with Crippen molar-refractivity contribution < 1.29 is 9.90 Å². The molecule has 1 heterocycles. The van der Waals surface area contributed by atoms with Crippen molar-refractivity contribution >= 4 is 23.5 Å². The molecule has 0 atom stereocenters. The van der Waals surface area contributed by atoms with Gasteiger partial charge in [0, 0.05) is 30.6 Å². The summed E-state index contributed by atoms with van der Waals surface area (Å²) in [6, 6.07) is 17.0. The first kappa shape index (κ1) is 19.9. The van der Waals surface area contributed by atoms with E-state index in [2.05, 4.69) is 22.0 Å². The molecule has 0 bridgehead atoms. The molecule has 0 radical (unpaired) electrons. The van der Waals surface area contributed by atoms with Crippen molar-refractivity contribution in [3.8, 4) is 0 Å². The number of benzene rings is 2. The van der Waals surface area contributed by atoms with Crippen LogP contribution in [0, 0.1) is 13.8 Å². The largest absolute Gasteiger partial charge is 0.545 e. The second kappa shape index (κ2) is 8.89. The zero-order chi connectivity index (χ0) is 20.1. The Hall–Kier alpha value is -2.86. The average Bonchev–Trinajstić information content (AvgIpc) is 2.69. The molecule has 144 valence electrons. The predicted molar refractivity (Wildman–Crippen MR) is 110 cm³/mol. The molecule has 0 aliphatic rings. The van der Waals surface area contributed by atoms with Crippen LogP contribution in [-0.4, -0.2) is 23.0 Å². The summed E-state index contributed by atoms with van der Waals surface area (Å²) in [4.78, 5) is 22.5. The van der Waals surface area contributed by atoms with Crippen LogP contribution in [0.1, 0.15) is 32.7 Å². The molecule has 2 aromatic carbocycles. The molecule has 0 spiro atoms. The number of thioether (sulfide) groups is 1. The van der Waals surface area contributed by atoms with Gasteiger partial charge in [0.05, 0.1) is 5.97 Å².